The molecule has 0 fully saturated rings. The number of benzene rings is 1. The molecule has 0 saturated heterocycles. The minimum atomic E-state index is -0.248. The molecule has 0 saturated carbocycles. The summed E-state index contributed by atoms with van der Waals surface area (Å²) in [6, 6.07) is 17.9. The van der Waals surface area contributed by atoms with Gasteiger partial charge in [-0.05, 0) is 42.5 Å². The van der Waals surface area contributed by atoms with E-state index in [1.54, 1.807) is 36.5 Å². The van der Waals surface area contributed by atoms with Crippen molar-refractivity contribution in [3.63, 3.8) is 0 Å². The number of hydrogen-bond donors (Lipinski definition) is 3. The Kier molecular flexibility index (Phi) is 5.94. The normalized spacial score (nSPS) is 10.2. The smallest absolute Gasteiger partial charge is 0.255 e. The van der Waals surface area contributed by atoms with Crippen LogP contribution in [0.3, 0.4) is 0 Å². The molecule has 3 aromatic heterocycles. The van der Waals surface area contributed by atoms with Crippen LogP contribution >= 0.6 is 0 Å². The van der Waals surface area contributed by atoms with Crippen LogP contribution in [0.2, 0.25) is 0 Å². The summed E-state index contributed by atoms with van der Waals surface area (Å²) in [7, 11) is 1.50. The van der Waals surface area contributed by atoms with Crippen LogP contribution in [-0.2, 0) is 0 Å². The van der Waals surface area contributed by atoms with E-state index < -0.39 is 0 Å². The van der Waals surface area contributed by atoms with E-state index in [1.807, 2.05) is 30.3 Å². The van der Waals surface area contributed by atoms with Crippen molar-refractivity contribution in [3.8, 4) is 5.88 Å². The Morgan fingerprint density at radius 2 is 1.55 bits per heavy atom. The standard InChI is InChI=1S/C22H19N7O2/c1-31-21-12-15(9-11-24-21)22(30)28-17-7-5-16(6-8-17)27-19-13-20(26-14-25-19)29-18-4-2-3-10-23-18/h2-14H,1H3,(H,28,30)(H2,23,25,26,27,29). The molecule has 1 aromatic carbocycles. The minimum Gasteiger partial charge on any atom is -0.481 e. The summed E-state index contributed by atoms with van der Waals surface area (Å²) in [5, 5.41) is 9.17. The number of carbonyl (C=O) groups excluding carboxylic acids is 1. The van der Waals surface area contributed by atoms with Crippen LogP contribution in [0.4, 0.5) is 28.8 Å². The summed E-state index contributed by atoms with van der Waals surface area (Å²) in [5.41, 5.74) is 1.93. The van der Waals surface area contributed by atoms with Gasteiger partial charge in [-0.1, -0.05) is 6.07 Å². The topological polar surface area (TPSA) is 114 Å². The van der Waals surface area contributed by atoms with Gasteiger partial charge in [-0.15, -0.1) is 0 Å². The van der Waals surface area contributed by atoms with Gasteiger partial charge in [0.1, 0.15) is 23.8 Å². The first-order valence-electron chi connectivity index (χ1n) is 9.38. The summed E-state index contributed by atoms with van der Waals surface area (Å²) in [6.07, 6.45) is 4.69. The van der Waals surface area contributed by atoms with Gasteiger partial charge in [0.25, 0.3) is 5.91 Å². The summed E-state index contributed by atoms with van der Waals surface area (Å²) in [6.45, 7) is 0. The molecule has 0 atom stereocenters. The lowest BCUT2D eigenvalue weighted by Gasteiger charge is -2.10. The van der Waals surface area contributed by atoms with Gasteiger partial charge in [0.2, 0.25) is 5.88 Å². The van der Waals surface area contributed by atoms with Crippen LogP contribution < -0.4 is 20.7 Å². The fraction of sp³-hybridized carbons (Fsp3) is 0.0455. The van der Waals surface area contributed by atoms with Gasteiger partial charge in [0, 0.05) is 41.5 Å². The minimum absolute atomic E-state index is 0.248. The molecule has 31 heavy (non-hydrogen) atoms. The van der Waals surface area contributed by atoms with Crippen LogP contribution in [0.1, 0.15) is 10.4 Å². The van der Waals surface area contributed by atoms with E-state index in [0.717, 1.165) is 5.69 Å². The van der Waals surface area contributed by atoms with Crippen LogP contribution in [0.15, 0.2) is 79.4 Å². The predicted octanol–water partition coefficient (Wildman–Crippen LogP) is 4.01. The highest BCUT2D eigenvalue weighted by molar-refractivity contribution is 6.04. The summed E-state index contributed by atoms with van der Waals surface area (Å²) >= 11 is 0. The molecular weight excluding hydrogens is 394 g/mol. The largest absolute Gasteiger partial charge is 0.481 e. The fourth-order valence-corrected chi connectivity index (χ4v) is 2.71. The zero-order valence-corrected chi connectivity index (χ0v) is 16.6. The van der Waals surface area contributed by atoms with Crippen molar-refractivity contribution in [2.75, 3.05) is 23.1 Å². The van der Waals surface area contributed by atoms with E-state index in [-0.39, 0.29) is 5.91 Å². The number of nitrogens with one attached hydrogen (secondary N) is 3. The molecule has 0 radical (unpaired) electrons. The lowest BCUT2D eigenvalue weighted by molar-refractivity contribution is 0.102. The molecule has 0 aliphatic carbocycles. The quantitative estimate of drug-likeness (QED) is 0.416. The number of nitrogens with zero attached hydrogens (tertiary/aromatic N) is 4. The van der Waals surface area contributed by atoms with Gasteiger partial charge in [0.15, 0.2) is 0 Å². The van der Waals surface area contributed by atoms with Crippen LogP contribution in [0.5, 0.6) is 5.88 Å². The Bertz CT molecular complexity index is 1170. The first-order valence-corrected chi connectivity index (χ1v) is 9.38. The number of methoxy groups -OCH3 is 1. The Morgan fingerprint density at radius 1 is 0.774 bits per heavy atom. The number of amides is 1. The SMILES string of the molecule is COc1cc(C(=O)Nc2ccc(Nc3cc(Nc4ccccn4)ncn3)cc2)ccn1. The fourth-order valence-electron chi connectivity index (χ4n) is 2.71. The van der Waals surface area contributed by atoms with Gasteiger partial charge < -0.3 is 20.7 Å². The molecule has 4 aromatic rings. The molecule has 0 aliphatic heterocycles. The Morgan fingerprint density at radius 3 is 2.29 bits per heavy atom. The zero-order valence-electron chi connectivity index (χ0n) is 16.6. The predicted molar refractivity (Wildman–Crippen MR) is 118 cm³/mol. The van der Waals surface area contributed by atoms with E-state index in [0.29, 0.717) is 34.6 Å². The number of hydrogen-bond acceptors (Lipinski definition) is 8. The van der Waals surface area contributed by atoms with Gasteiger partial charge in [-0.25, -0.2) is 19.9 Å². The van der Waals surface area contributed by atoms with Gasteiger partial charge in [-0.3, -0.25) is 4.79 Å². The molecule has 4 rings (SSSR count). The second-order valence-corrected chi connectivity index (χ2v) is 6.37. The van der Waals surface area contributed by atoms with Crippen molar-refractivity contribution in [1.29, 1.82) is 0 Å². The zero-order chi connectivity index (χ0) is 21.5. The molecule has 9 heteroatoms. The highest BCUT2D eigenvalue weighted by atomic mass is 16.5. The molecule has 0 unspecified atom stereocenters. The first-order chi connectivity index (χ1) is 15.2. The molecular formula is C22H19N7O2. The average Bonchev–Trinajstić information content (AvgIpc) is 2.81. The van der Waals surface area contributed by atoms with E-state index in [2.05, 4.69) is 35.9 Å². The summed E-state index contributed by atoms with van der Waals surface area (Å²) < 4.78 is 5.05. The monoisotopic (exact) mass is 413 g/mol. The Hall–Kier alpha value is -4.53. The van der Waals surface area contributed by atoms with Crippen molar-refractivity contribution in [2.45, 2.75) is 0 Å². The van der Waals surface area contributed by atoms with Crippen molar-refractivity contribution < 1.29 is 9.53 Å². The number of anilines is 5. The van der Waals surface area contributed by atoms with E-state index in [1.165, 1.54) is 19.6 Å². The van der Waals surface area contributed by atoms with E-state index in [4.69, 9.17) is 4.74 Å². The Labute approximate surface area is 178 Å². The molecule has 0 bridgehead atoms. The number of rotatable bonds is 7. The maximum atomic E-state index is 12.4. The van der Waals surface area contributed by atoms with Gasteiger partial charge in [0.05, 0.1) is 7.11 Å². The maximum absolute atomic E-state index is 12.4. The first kappa shape index (κ1) is 19.8. The lowest BCUT2D eigenvalue weighted by Crippen LogP contribution is -2.12. The highest BCUT2D eigenvalue weighted by Crippen LogP contribution is 2.20. The molecule has 3 heterocycles. The van der Waals surface area contributed by atoms with E-state index in [9.17, 15) is 4.79 Å². The second kappa shape index (κ2) is 9.31. The van der Waals surface area contributed by atoms with Crippen molar-refractivity contribution >= 4 is 34.7 Å². The van der Waals surface area contributed by atoms with Crippen LogP contribution in [0, 0.1) is 0 Å². The van der Waals surface area contributed by atoms with E-state index >= 15 is 0 Å². The van der Waals surface area contributed by atoms with Crippen LogP contribution in [0.25, 0.3) is 0 Å². The third-order valence-corrected chi connectivity index (χ3v) is 4.21. The third-order valence-electron chi connectivity index (χ3n) is 4.21. The van der Waals surface area contributed by atoms with Crippen LogP contribution in [-0.4, -0.2) is 33.0 Å². The van der Waals surface area contributed by atoms with Crippen molar-refractivity contribution in [2.24, 2.45) is 0 Å². The summed E-state index contributed by atoms with van der Waals surface area (Å²) in [4.78, 5) is 29.1. The second-order valence-electron chi connectivity index (χ2n) is 6.37. The average molecular weight is 413 g/mol. The molecule has 0 spiro atoms. The number of carbonyl (C=O) groups is 1. The summed E-state index contributed by atoms with van der Waals surface area (Å²) in [5.74, 6) is 2.07. The molecule has 1 amide bonds. The molecule has 9 nitrogen and oxygen atoms in total. The highest BCUT2D eigenvalue weighted by Gasteiger charge is 2.08. The maximum Gasteiger partial charge on any atom is 0.255 e. The molecule has 154 valence electrons. The number of ether oxygens (including phenoxy) is 1. The number of aromatic nitrogens is 4. The third kappa shape index (κ3) is 5.30. The Balaban J connectivity index is 1.39. The molecule has 0 aliphatic rings. The van der Waals surface area contributed by atoms with Gasteiger partial charge >= 0.3 is 0 Å². The van der Waals surface area contributed by atoms with Crippen molar-refractivity contribution in [3.05, 3.63) is 84.9 Å². The number of pyridine rings is 2. The molecule has 3 N–H and O–H groups in total. The van der Waals surface area contributed by atoms with Gasteiger partial charge in [-0.2, -0.15) is 0 Å². The van der Waals surface area contributed by atoms with Crippen molar-refractivity contribution in [1.82, 2.24) is 19.9 Å². The lowest BCUT2D eigenvalue weighted by atomic mass is 10.2.